The van der Waals surface area contributed by atoms with Gasteiger partial charge in [-0.1, -0.05) is 42.5 Å². The molecule has 1 unspecified atom stereocenters. The number of nitrogens with zero attached hydrogens (tertiary/aromatic N) is 1. The summed E-state index contributed by atoms with van der Waals surface area (Å²) in [5.41, 5.74) is 1.85. The van der Waals surface area contributed by atoms with Gasteiger partial charge >= 0.3 is 0 Å². The highest BCUT2D eigenvalue weighted by Crippen LogP contribution is 2.21. The van der Waals surface area contributed by atoms with Gasteiger partial charge in [0.15, 0.2) is 0 Å². The van der Waals surface area contributed by atoms with Crippen LogP contribution in [0.25, 0.3) is 6.08 Å². The van der Waals surface area contributed by atoms with E-state index < -0.39 is 10.0 Å². The number of hydrogen-bond donors (Lipinski definition) is 1. The fourth-order valence-electron chi connectivity index (χ4n) is 2.40. The van der Waals surface area contributed by atoms with Crippen LogP contribution >= 0.6 is 0 Å². The van der Waals surface area contributed by atoms with Crippen LogP contribution in [0, 0.1) is 0 Å². The van der Waals surface area contributed by atoms with Crippen LogP contribution < -0.4 is 9.46 Å². The number of benzene rings is 2. The van der Waals surface area contributed by atoms with Crippen molar-refractivity contribution >= 4 is 16.1 Å². The minimum absolute atomic E-state index is 0.0780. The average Bonchev–Trinajstić information content (AvgIpc) is 2.61. The largest absolute Gasteiger partial charge is 0.497 e. The highest BCUT2D eigenvalue weighted by atomic mass is 32.2. The van der Waals surface area contributed by atoms with Gasteiger partial charge in [-0.2, -0.15) is 0 Å². The maximum atomic E-state index is 12.2. The second-order valence-electron chi connectivity index (χ2n) is 5.86. The van der Waals surface area contributed by atoms with Gasteiger partial charge in [-0.3, -0.25) is 0 Å². The maximum Gasteiger partial charge on any atom is 0.233 e. The van der Waals surface area contributed by atoms with E-state index in [2.05, 4.69) is 4.72 Å². The van der Waals surface area contributed by atoms with Crippen molar-refractivity contribution < 1.29 is 13.2 Å². The summed E-state index contributed by atoms with van der Waals surface area (Å²) in [6.07, 6.45) is 1.58. The monoisotopic (exact) mass is 360 g/mol. The summed E-state index contributed by atoms with van der Waals surface area (Å²) in [5, 5.41) is 1.20. The zero-order chi connectivity index (χ0) is 18.3. The molecule has 0 spiro atoms. The molecule has 0 aromatic heterocycles. The zero-order valence-corrected chi connectivity index (χ0v) is 15.5. The Morgan fingerprint density at radius 3 is 2.28 bits per heavy atom. The molecule has 0 aliphatic rings. The van der Waals surface area contributed by atoms with E-state index in [0.717, 1.165) is 16.9 Å². The molecule has 0 bridgehead atoms. The Morgan fingerprint density at radius 1 is 1.08 bits per heavy atom. The summed E-state index contributed by atoms with van der Waals surface area (Å²) in [6.45, 7) is 0.279. The van der Waals surface area contributed by atoms with Crippen LogP contribution in [0.15, 0.2) is 60.0 Å². The third-order valence-electron chi connectivity index (χ3n) is 3.84. The Morgan fingerprint density at radius 2 is 1.72 bits per heavy atom. The molecule has 1 N–H and O–H groups in total. The van der Waals surface area contributed by atoms with E-state index in [4.69, 9.17) is 4.74 Å². The number of nitrogens with one attached hydrogen (secondary N) is 1. The number of likely N-dealkylation sites (N-methyl/N-ethyl adjacent to an activating group) is 1. The van der Waals surface area contributed by atoms with Crippen molar-refractivity contribution in [3.63, 3.8) is 0 Å². The van der Waals surface area contributed by atoms with Crippen LogP contribution in [0.4, 0.5) is 0 Å². The van der Waals surface area contributed by atoms with Crippen LogP contribution in [0.2, 0.25) is 0 Å². The second kappa shape index (κ2) is 8.80. The molecule has 0 saturated heterocycles. The van der Waals surface area contributed by atoms with Gasteiger partial charge in [-0.15, -0.1) is 0 Å². The summed E-state index contributed by atoms with van der Waals surface area (Å²) in [5.74, 6) is 0.771. The molecule has 0 aliphatic heterocycles. The van der Waals surface area contributed by atoms with Gasteiger partial charge in [0.2, 0.25) is 10.0 Å². The summed E-state index contributed by atoms with van der Waals surface area (Å²) in [4.78, 5) is 1.98. The molecule has 0 fully saturated rings. The fraction of sp³-hybridized carbons (Fsp3) is 0.263. The highest BCUT2D eigenvalue weighted by Gasteiger charge is 2.17. The first-order chi connectivity index (χ1) is 11.9. The lowest BCUT2D eigenvalue weighted by Gasteiger charge is -2.25. The topological polar surface area (TPSA) is 58.6 Å². The van der Waals surface area contributed by atoms with Gasteiger partial charge in [-0.05, 0) is 43.4 Å². The standard InChI is InChI=1S/C19H24N2O3S/c1-21(2)19(17-9-11-18(24-3)12-10-17)15-20-25(22,23)14-13-16-7-5-4-6-8-16/h4-14,19-20H,15H2,1-3H3. The molecule has 0 heterocycles. The molecular formula is C19H24N2O3S. The lowest BCUT2D eigenvalue weighted by molar-refractivity contribution is 0.299. The van der Waals surface area contributed by atoms with Crippen molar-refractivity contribution in [1.82, 2.24) is 9.62 Å². The van der Waals surface area contributed by atoms with Gasteiger partial charge < -0.3 is 9.64 Å². The van der Waals surface area contributed by atoms with Gasteiger partial charge in [0.1, 0.15) is 5.75 Å². The minimum atomic E-state index is -3.51. The van der Waals surface area contributed by atoms with Crippen molar-refractivity contribution in [2.75, 3.05) is 27.7 Å². The Hall–Kier alpha value is -2.15. The molecule has 0 aliphatic carbocycles. The predicted molar refractivity (Wildman–Crippen MR) is 102 cm³/mol. The zero-order valence-electron chi connectivity index (χ0n) is 14.7. The summed E-state index contributed by atoms with van der Waals surface area (Å²) in [6, 6.07) is 16.9. The smallest absolute Gasteiger partial charge is 0.233 e. The first-order valence-electron chi connectivity index (χ1n) is 7.94. The van der Waals surface area contributed by atoms with Crippen molar-refractivity contribution in [3.05, 3.63) is 71.1 Å². The second-order valence-corrected chi connectivity index (χ2v) is 7.51. The molecular weight excluding hydrogens is 336 g/mol. The van der Waals surface area contributed by atoms with E-state index in [9.17, 15) is 8.42 Å². The SMILES string of the molecule is COc1ccc(C(CNS(=O)(=O)C=Cc2ccccc2)N(C)C)cc1. The van der Waals surface area contributed by atoms with Crippen molar-refractivity contribution in [2.24, 2.45) is 0 Å². The quantitative estimate of drug-likeness (QED) is 0.786. The van der Waals surface area contributed by atoms with Gasteiger partial charge in [0.25, 0.3) is 0 Å². The van der Waals surface area contributed by atoms with Crippen LogP contribution in [-0.2, 0) is 10.0 Å². The van der Waals surface area contributed by atoms with Crippen LogP contribution in [0.3, 0.4) is 0 Å². The molecule has 25 heavy (non-hydrogen) atoms. The van der Waals surface area contributed by atoms with Crippen molar-refractivity contribution in [3.8, 4) is 5.75 Å². The van der Waals surface area contributed by atoms with Crippen LogP contribution in [0.5, 0.6) is 5.75 Å². The summed E-state index contributed by atoms with van der Waals surface area (Å²) >= 11 is 0. The molecule has 2 rings (SSSR count). The molecule has 0 saturated carbocycles. The molecule has 5 nitrogen and oxygen atoms in total. The number of rotatable bonds is 8. The fourth-order valence-corrected chi connectivity index (χ4v) is 3.22. The number of methoxy groups -OCH3 is 1. The normalized spacial score (nSPS) is 13.3. The number of hydrogen-bond acceptors (Lipinski definition) is 4. The van der Waals surface area contributed by atoms with Gasteiger partial charge in [-0.25, -0.2) is 13.1 Å². The van der Waals surface area contributed by atoms with E-state index in [1.807, 2.05) is 73.6 Å². The Balaban J connectivity index is 2.05. The molecule has 0 radical (unpaired) electrons. The average molecular weight is 360 g/mol. The molecule has 0 amide bonds. The Labute approximate surface area is 150 Å². The van der Waals surface area contributed by atoms with Crippen molar-refractivity contribution in [2.45, 2.75) is 6.04 Å². The molecule has 6 heteroatoms. The molecule has 2 aromatic carbocycles. The van der Waals surface area contributed by atoms with Crippen LogP contribution in [0.1, 0.15) is 17.2 Å². The van der Waals surface area contributed by atoms with E-state index >= 15 is 0 Å². The molecule has 2 aromatic rings. The number of ether oxygens (including phenoxy) is 1. The highest BCUT2D eigenvalue weighted by molar-refractivity contribution is 7.92. The molecule has 134 valence electrons. The van der Waals surface area contributed by atoms with Crippen LogP contribution in [-0.4, -0.2) is 41.1 Å². The summed E-state index contributed by atoms with van der Waals surface area (Å²) < 4.78 is 32.3. The van der Waals surface area contributed by atoms with E-state index in [1.54, 1.807) is 13.2 Å². The van der Waals surface area contributed by atoms with E-state index in [1.165, 1.54) is 5.41 Å². The summed E-state index contributed by atoms with van der Waals surface area (Å²) in [7, 11) is 1.94. The van der Waals surface area contributed by atoms with Gasteiger partial charge in [0.05, 0.1) is 7.11 Å². The first-order valence-corrected chi connectivity index (χ1v) is 9.49. The lowest BCUT2D eigenvalue weighted by Crippen LogP contribution is -2.33. The lowest BCUT2D eigenvalue weighted by atomic mass is 10.1. The third kappa shape index (κ3) is 6.01. The number of sulfonamides is 1. The third-order valence-corrected chi connectivity index (χ3v) is 4.90. The molecule has 1 atom stereocenters. The maximum absolute atomic E-state index is 12.2. The minimum Gasteiger partial charge on any atom is -0.497 e. The Bertz CT molecular complexity index is 785. The first kappa shape index (κ1) is 19.2. The van der Waals surface area contributed by atoms with E-state index in [0.29, 0.717) is 0 Å². The van der Waals surface area contributed by atoms with Gasteiger partial charge in [0, 0.05) is 18.0 Å². The Kier molecular flexibility index (Phi) is 6.75. The van der Waals surface area contributed by atoms with Crippen molar-refractivity contribution in [1.29, 1.82) is 0 Å². The predicted octanol–water partition coefficient (Wildman–Crippen LogP) is 2.89. The van der Waals surface area contributed by atoms with E-state index in [-0.39, 0.29) is 12.6 Å².